The second kappa shape index (κ2) is 5.84. The lowest BCUT2D eigenvalue weighted by atomic mass is 10.1. The number of hydrogen-bond donors (Lipinski definition) is 1. The van der Waals surface area contributed by atoms with Crippen LogP contribution in [-0.4, -0.2) is 6.54 Å². The first kappa shape index (κ1) is 11.3. The van der Waals surface area contributed by atoms with Gasteiger partial charge in [-0.15, -0.1) is 0 Å². The van der Waals surface area contributed by atoms with E-state index in [0.717, 1.165) is 11.6 Å². The molecule has 2 N–H and O–H groups in total. The van der Waals surface area contributed by atoms with Crippen LogP contribution in [0.5, 0.6) is 0 Å². The Morgan fingerprint density at radius 3 is 2.64 bits per heavy atom. The van der Waals surface area contributed by atoms with E-state index < -0.39 is 0 Å². The number of nitrogens with two attached hydrogens (primary N) is 1. The fraction of sp³-hybridized carbons (Fsp3) is 0.333. The first-order valence-electron chi connectivity index (χ1n) is 4.90. The standard InChI is InChI=1S/C12H16ClN/c1-10(13)8-9-14-11(2)12-6-4-3-5-7-12/h3-8,11,14H,9H2,1-2H3/p+1/b10-8-/t11-/m1/s1. The number of allylic oxidation sites excluding steroid dienone is 1. The molecule has 0 saturated heterocycles. The quantitative estimate of drug-likeness (QED) is 0.787. The molecule has 0 aromatic heterocycles. The Morgan fingerprint density at radius 1 is 1.43 bits per heavy atom. The largest absolute Gasteiger partial charge is 0.337 e. The van der Waals surface area contributed by atoms with Crippen molar-refractivity contribution in [3.8, 4) is 0 Å². The van der Waals surface area contributed by atoms with Crippen LogP contribution in [-0.2, 0) is 0 Å². The summed E-state index contributed by atoms with van der Waals surface area (Å²) in [7, 11) is 0. The third-order valence-corrected chi connectivity index (χ3v) is 2.37. The van der Waals surface area contributed by atoms with Gasteiger partial charge in [0.2, 0.25) is 0 Å². The first-order chi connectivity index (χ1) is 6.70. The molecule has 76 valence electrons. The normalized spacial score (nSPS) is 14.1. The van der Waals surface area contributed by atoms with Crippen LogP contribution >= 0.6 is 11.6 Å². The van der Waals surface area contributed by atoms with Crippen LogP contribution in [0.3, 0.4) is 0 Å². The minimum Gasteiger partial charge on any atom is -0.337 e. The van der Waals surface area contributed by atoms with Crippen molar-refractivity contribution in [2.45, 2.75) is 19.9 Å². The van der Waals surface area contributed by atoms with E-state index in [1.807, 2.05) is 19.1 Å². The predicted molar refractivity (Wildman–Crippen MR) is 61.3 cm³/mol. The van der Waals surface area contributed by atoms with Gasteiger partial charge in [0.05, 0.1) is 6.54 Å². The second-order valence-corrected chi connectivity index (χ2v) is 4.06. The molecule has 2 heteroatoms. The molecule has 0 amide bonds. The smallest absolute Gasteiger partial charge is 0.109 e. The van der Waals surface area contributed by atoms with E-state index in [4.69, 9.17) is 11.6 Å². The maximum atomic E-state index is 5.75. The van der Waals surface area contributed by atoms with Crippen LogP contribution in [0.25, 0.3) is 0 Å². The summed E-state index contributed by atoms with van der Waals surface area (Å²) in [5.41, 5.74) is 1.35. The molecule has 0 heterocycles. The van der Waals surface area contributed by atoms with Gasteiger partial charge < -0.3 is 5.32 Å². The van der Waals surface area contributed by atoms with Gasteiger partial charge in [0, 0.05) is 10.6 Å². The topological polar surface area (TPSA) is 16.6 Å². The van der Waals surface area contributed by atoms with Crippen LogP contribution in [0, 0.1) is 0 Å². The van der Waals surface area contributed by atoms with Crippen LogP contribution < -0.4 is 5.32 Å². The summed E-state index contributed by atoms with van der Waals surface area (Å²) in [6.07, 6.45) is 2.03. The van der Waals surface area contributed by atoms with Gasteiger partial charge in [-0.2, -0.15) is 0 Å². The number of benzene rings is 1. The maximum Gasteiger partial charge on any atom is 0.109 e. The highest BCUT2D eigenvalue weighted by Gasteiger charge is 2.05. The van der Waals surface area contributed by atoms with E-state index in [9.17, 15) is 0 Å². The average Bonchev–Trinajstić information content (AvgIpc) is 2.18. The molecule has 0 aliphatic carbocycles. The Hall–Kier alpha value is -0.790. The number of hydrogen-bond acceptors (Lipinski definition) is 0. The van der Waals surface area contributed by atoms with E-state index in [1.165, 1.54) is 5.56 Å². The van der Waals surface area contributed by atoms with Gasteiger partial charge >= 0.3 is 0 Å². The third kappa shape index (κ3) is 3.95. The summed E-state index contributed by atoms with van der Waals surface area (Å²) in [5, 5.41) is 3.13. The van der Waals surface area contributed by atoms with E-state index in [0.29, 0.717) is 6.04 Å². The van der Waals surface area contributed by atoms with Crippen molar-refractivity contribution in [2.24, 2.45) is 0 Å². The molecular formula is C12H17ClN+. The molecule has 1 aromatic carbocycles. The van der Waals surface area contributed by atoms with Crippen molar-refractivity contribution in [1.29, 1.82) is 0 Å². The van der Waals surface area contributed by atoms with Crippen molar-refractivity contribution < 1.29 is 5.32 Å². The van der Waals surface area contributed by atoms with E-state index in [-0.39, 0.29) is 0 Å². The number of quaternary nitrogens is 1. The fourth-order valence-corrected chi connectivity index (χ4v) is 1.42. The molecule has 0 spiro atoms. The molecule has 0 fully saturated rings. The fourth-order valence-electron chi connectivity index (χ4n) is 1.33. The Kier molecular flexibility index (Phi) is 4.71. The first-order valence-corrected chi connectivity index (χ1v) is 5.28. The molecule has 1 nitrogen and oxygen atoms in total. The molecule has 0 saturated carbocycles. The van der Waals surface area contributed by atoms with Gasteiger partial charge in [-0.1, -0.05) is 41.9 Å². The lowest BCUT2D eigenvalue weighted by Gasteiger charge is -2.08. The van der Waals surface area contributed by atoms with Crippen molar-refractivity contribution in [3.05, 3.63) is 47.0 Å². The third-order valence-electron chi connectivity index (χ3n) is 2.21. The van der Waals surface area contributed by atoms with Crippen molar-refractivity contribution in [3.63, 3.8) is 0 Å². The Balaban J connectivity index is 2.43. The van der Waals surface area contributed by atoms with Gasteiger partial charge in [0.1, 0.15) is 6.04 Å². The van der Waals surface area contributed by atoms with Crippen LogP contribution in [0.4, 0.5) is 0 Å². The maximum absolute atomic E-state index is 5.75. The van der Waals surface area contributed by atoms with Crippen LogP contribution in [0.2, 0.25) is 0 Å². The number of rotatable bonds is 4. The van der Waals surface area contributed by atoms with Gasteiger partial charge in [-0.3, -0.25) is 0 Å². The van der Waals surface area contributed by atoms with Gasteiger partial charge in [0.25, 0.3) is 0 Å². The van der Waals surface area contributed by atoms with E-state index in [2.05, 4.69) is 36.5 Å². The minimum atomic E-state index is 0.489. The summed E-state index contributed by atoms with van der Waals surface area (Å²) >= 11 is 5.75. The van der Waals surface area contributed by atoms with Gasteiger partial charge in [-0.25, -0.2) is 0 Å². The van der Waals surface area contributed by atoms with Crippen molar-refractivity contribution in [1.82, 2.24) is 0 Å². The predicted octanol–water partition coefficient (Wildman–Crippen LogP) is 2.45. The lowest BCUT2D eigenvalue weighted by molar-refractivity contribution is -0.684. The summed E-state index contributed by atoms with van der Waals surface area (Å²) in [6.45, 7) is 5.04. The monoisotopic (exact) mass is 210 g/mol. The number of halogens is 1. The summed E-state index contributed by atoms with van der Waals surface area (Å²) < 4.78 is 0. The van der Waals surface area contributed by atoms with E-state index >= 15 is 0 Å². The molecule has 1 atom stereocenters. The van der Waals surface area contributed by atoms with Gasteiger partial charge in [0.15, 0.2) is 0 Å². The molecule has 0 aliphatic rings. The Morgan fingerprint density at radius 2 is 2.07 bits per heavy atom. The Labute approximate surface area is 90.8 Å². The average molecular weight is 211 g/mol. The molecule has 0 bridgehead atoms. The molecule has 14 heavy (non-hydrogen) atoms. The highest BCUT2D eigenvalue weighted by atomic mass is 35.5. The van der Waals surface area contributed by atoms with Crippen molar-refractivity contribution >= 4 is 11.6 Å². The molecule has 0 unspecified atom stereocenters. The zero-order valence-corrected chi connectivity index (χ0v) is 9.46. The zero-order valence-electron chi connectivity index (χ0n) is 8.70. The van der Waals surface area contributed by atoms with Crippen molar-refractivity contribution in [2.75, 3.05) is 6.54 Å². The molecule has 0 aliphatic heterocycles. The molecular weight excluding hydrogens is 194 g/mol. The summed E-state index contributed by atoms with van der Waals surface area (Å²) in [5.74, 6) is 0. The molecule has 0 radical (unpaired) electrons. The van der Waals surface area contributed by atoms with Crippen LogP contribution in [0.1, 0.15) is 25.5 Å². The van der Waals surface area contributed by atoms with Crippen LogP contribution in [0.15, 0.2) is 41.4 Å². The molecule has 1 aromatic rings. The van der Waals surface area contributed by atoms with Gasteiger partial charge in [-0.05, 0) is 19.9 Å². The SMILES string of the molecule is C/C(Cl)=C/C[NH2+][C@H](C)c1ccccc1. The highest BCUT2D eigenvalue weighted by molar-refractivity contribution is 6.29. The Bertz CT molecular complexity index is 288. The summed E-state index contributed by atoms with van der Waals surface area (Å²) in [4.78, 5) is 0. The second-order valence-electron chi connectivity index (χ2n) is 3.46. The van der Waals surface area contributed by atoms with E-state index in [1.54, 1.807) is 0 Å². The lowest BCUT2D eigenvalue weighted by Crippen LogP contribution is -2.84. The summed E-state index contributed by atoms with van der Waals surface area (Å²) in [6, 6.07) is 11.0. The molecule has 1 rings (SSSR count). The zero-order chi connectivity index (χ0) is 10.4. The highest BCUT2D eigenvalue weighted by Crippen LogP contribution is 2.06. The minimum absolute atomic E-state index is 0.489.